The van der Waals surface area contributed by atoms with Crippen LogP contribution in [0.15, 0.2) is 0 Å². The van der Waals surface area contributed by atoms with Crippen molar-refractivity contribution in [2.24, 2.45) is 5.73 Å². The maximum Gasteiger partial charge on any atom is 0.472 e. The van der Waals surface area contributed by atoms with Crippen molar-refractivity contribution >= 4 is 19.8 Å². The van der Waals surface area contributed by atoms with Crippen LogP contribution in [0.2, 0.25) is 0 Å². The maximum absolute atomic E-state index is 12.8. The van der Waals surface area contributed by atoms with Gasteiger partial charge in [0.15, 0.2) is 6.10 Å². The van der Waals surface area contributed by atoms with Gasteiger partial charge in [-0.1, -0.05) is 406 Å². The van der Waals surface area contributed by atoms with Gasteiger partial charge in [0.05, 0.1) is 13.2 Å². The van der Waals surface area contributed by atoms with Crippen molar-refractivity contribution in [2.45, 2.75) is 437 Å². The standard InChI is InChI=1S/C74H148NO8P/c1-3-5-7-9-11-13-15-17-19-21-23-25-27-29-31-33-35-37-39-41-43-45-47-49-51-53-55-57-59-61-63-65-67-74(77)83-72(71-82-84(78,79)81-69-68-75)70-80-73(76)66-64-62-60-58-56-54-52-50-48-46-44-42-40-38-36-34-32-30-28-26-24-22-20-18-16-14-12-10-8-6-4-2/h72H,3-71,75H2,1-2H3,(H,78,79). The Labute approximate surface area is 524 Å². The fourth-order valence-electron chi connectivity index (χ4n) is 12.1. The van der Waals surface area contributed by atoms with Crippen LogP contribution in [-0.2, 0) is 32.7 Å². The molecule has 0 bridgehead atoms. The summed E-state index contributed by atoms with van der Waals surface area (Å²) >= 11 is 0. The molecule has 84 heavy (non-hydrogen) atoms. The molecule has 0 aliphatic carbocycles. The summed E-state index contributed by atoms with van der Waals surface area (Å²) in [6.07, 6.45) is 85.2. The van der Waals surface area contributed by atoms with Crippen molar-refractivity contribution in [1.82, 2.24) is 0 Å². The zero-order chi connectivity index (χ0) is 60.9. The van der Waals surface area contributed by atoms with Crippen molar-refractivity contribution in [3.8, 4) is 0 Å². The highest BCUT2D eigenvalue weighted by atomic mass is 31.2. The number of phosphoric ester groups is 1. The van der Waals surface area contributed by atoms with E-state index in [0.29, 0.717) is 12.8 Å². The third-order valence-corrected chi connectivity index (χ3v) is 18.7. The molecule has 2 atom stereocenters. The molecule has 2 unspecified atom stereocenters. The van der Waals surface area contributed by atoms with Crippen molar-refractivity contribution in [2.75, 3.05) is 26.4 Å². The first-order valence-electron chi connectivity index (χ1n) is 38.0. The molecule has 0 aromatic rings. The van der Waals surface area contributed by atoms with E-state index >= 15 is 0 Å². The smallest absolute Gasteiger partial charge is 0.462 e. The molecule has 0 fully saturated rings. The summed E-state index contributed by atoms with van der Waals surface area (Å²) in [5.41, 5.74) is 5.41. The number of carbonyl (C=O) groups is 2. The lowest BCUT2D eigenvalue weighted by Gasteiger charge is -2.19. The normalized spacial score (nSPS) is 12.8. The van der Waals surface area contributed by atoms with Crippen LogP contribution in [0, 0.1) is 0 Å². The van der Waals surface area contributed by atoms with Crippen LogP contribution in [0.4, 0.5) is 0 Å². The molecule has 0 heterocycles. The molecular weight excluding hydrogens is 1060 g/mol. The summed E-state index contributed by atoms with van der Waals surface area (Å²) in [5, 5.41) is 0. The van der Waals surface area contributed by atoms with E-state index in [-0.39, 0.29) is 32.1 Å². The van der Waals surface area contributed by atoms with Gasteiger partial charge in [0, 0.05) is 19.4 Å². The highest BCUT2D eigenvalue weighted by Gasteiger charge is 2.26. The zero-order valence-electron chi connectivity index (χ0n) is 56.7. The molecule has 0 aliphatic heterocycles. The van der Waals surface area contributed by atoms with Gasteiger partial charge in [0.2, 0.25) is 0 Å². The fourth-order valence-corrected chi connectivity index (χ4v) is 12.9. The van der Waals surface area contributed by atoms with Gasteiger partial charge in [0.1, 0.15) is 6.61 Å². The van der Waals surface area contributed by atoms with E-state index in [9.17, 15) is 19.0 Å². The Balaban J connectivity index is 3.75. The van der Waals surface area contributed by atoms with E-state index in [1.807, 2.05) is 0 Å². The summed E-state index contributed by atoms with van der Waals surface area (Å²) in [4.78, 5) is 35.4. The minimum Gasteiger partial charge on any atom is -0.462 e. The second-order valence-electron chi connectivity index (χ2n) is 26.2. The molecule has 0 aliphatic rings. The number of hydrogen-bond donors (Lipinski definition) is 2. The lowest BCUT2D eigenvalue weighted by molar-refractivity contribution is -0.161. The van der Waals surface area contributed by atoms with Gasteiger partial charge in [-0.2, -0.15) is 0 Å². The molecule has 0 saturated carbocycles. The first-order valence-corrected chi connectivity index (χ1v) is 39.5. The van der Waals surface area contributed by atoms with Gasteiger partial charge in [-0.05, 0) is 12.8 Å². The molecule has 0 saturated heterocycles. The summed E-state index contributed by atoms with van der Waals surface area (Å²) in [7, 11) is -4.39. The Kier molecular flexibility index (Phi) is 70.3. The van der Waals surface area contributed by atoms with Crippen molar-refractivity contribution < 1.29 is 37.6 Å². The van der Waals surface area contributed by atoms with Crippen LogP contribution in [0.3, 0.4) is 0 Å². The van der Waals surface area contributed by atoms with Crippen LogP contribution < -0.4 is 5.73 Å². The van der Waals surface area contributed by atoms with E-state index in [0.717, 1.165) is 32.1 Å². The van der Waals surface area contributed by atoms with Crippen LogP contribution in [-0.4, -0.2) is 49.3 Å². The Morgan fingerprint density at radius 3 is 0.726 bits per heavy atom. The fraction of sp³-hybridized carbons (Fsp3) is 0.973. The molecule has 502 valence electrons. The Bertz CT molecular complexity index is 1340. The topological polar surface area (TPSA) is 134 Å². The van der Waals surface area contributed by atoms with Gasteiger partial charge in [0.25, 0.3) is 0 Å². The van der Waals surface area contributed by atoms with Crippen LogP contribution in [0.1, 0.15) is 431 Å². The van der Waals surface area contributed by atoms with Gasteiger partial charge in [-0.25, -0.2) is 4.57 Å². The van der Waals surface area contributed by atoms with E-state index in [1.54, 1.807) is 0 Å². The number of rotatable bonds is 74. The quantitative estimate of drug-likeness (QED) is 0.0347. The molecule has 0 amide bonds. The minimum atomic E-state index is -4.39. The molecule has 0 aromatic carbocycles. The first-order chi connectivity index (χ1) is 41.3. The van der Waals surface area contributed by atoms with E-state index in [4.69, 9.17) is 24.3 Å². The largest absolute Gasteiger partial charge is 0.472 e. The number of phosphoric acid groups is 1. The number of unbranched alkanes of at least 4 members (excludes halogenated alkanes) is 61. The monoisotopic (exact) mass is 1210 g/mol. The maximum atomic E-state index is 12.8. The summed E-state index contributed by atoms with van der Waals surface area (Å²) in [5.74, 6) is -0.795. The first kappa shape index (κ1) is 83.0. The minimum absolute atomic E-state index is 0.0589. The molecule has 3 N–H and O–H groups in total. The predicted octanol–water partition coefficient (Wildman–Crippen LogP) is 24.9. The van der Waals surface area contributed by atoms with Gasteiger partial charge in [-0.3, -0.25) is 18.6 Å². The van der Waals surface area contributed by atoms with Gasteiger partial charge >= 0.3 is 19.8 Å². The second kappa shape index (κ2) is 71.1. The average molecular weight is 1210 g/mol. The third-order valence-electron chi connectivity index (χ3n) is 17.7. The van der Waals surface area contributed by atoms with Gasteiger partial charge in [-0.15, -0.1) is 0 Å². The average Bonchev–Trinajstić information content (AvgIpc) is 3.55. The van der Waals surface area contributed by atoms with E-state index in [1.165, 1.54) is 366 Å². The Hall–Kier alpha value is -0.990. The van der Waals surface area contributed by atoms with E-state index in [2.05, 4.69) is 13.8 Å². The zero-order valence-corrected chi connectivity index (χ0v) is 57.6. The molecular formula is C74H148NO8P. The van der Waals surface area contributed by atoms with Crippen LogP contribution in [0.25, 0.3) is 0 Å². The van der Waals surface area contributed by atoms with Crippen LogP contribution >= 0.6 is 7.82 Å². The summed E-state index contributed by atoms with van der Waals surface area (Å²) < 4.78 is 33.2. The van der Waals surface area contributed by atoms with E-state index < -0.39 is 26.5 Å². The summed E-state index contributed by atoms with van der Waals surface area (Å²) in [6, 6.07) is 0. The van der Waals surface area contributed by atoms with Crippen molar-refractivity contribution in [3.63, 3.8) is 0 Å². The predicted molar refractivity (Wildman–Crippen MR) is 363 cm³/mol. The highest BCUT2D eigenvalue weighted by molar-refractivity contribution is 7.47. The van der Waals surface area contributed by atoms with Gasteiger partial charge < -0.3 is 20.1 Å². The molecule has 10 heteroatoms. The molecule has 0 radical (unpaired) electrons. The number of nitrogens with two attached hydrogens (primary N) is 1. The number of ether oxygens (including phenoxy) is 2. The van der Waals surface area contributed by atoms with Crippen molar-refractivity contribution in [1.29, 1.82) is 0 Å². The second-order valence-corrected chi connectivity index (χ2v) is 27.7. The van der Waals surface area contributed by atoms with Crippen molar-refractivity contribution in [3.05, 3.63) is 0 Å². The third kappa shape index (κ3) is 70.1. The number of esters is 2. The Morgan fingerprint density at radius 1 is 0.310 bits per heavy atom. The molecule has 0 aromatic heterocycles. The lowest BCUT2D eigenvalue weighted by Crippen LogP contribution is -2.29. The number of carbonyl (C=O) groups excluding carboxylic acids is 2. The number of hydrogen-bond acceptors (Lipinski definition) is 8. The highest BCUT2D eigenvalue weighted by Crippen LogP contribution is 2.43. The lowest BCUT2D eigenvalue weighted by atomic mass is 10.0. The van der Waals surface area contributed by atoms with Crippen LogP contribution in [0.5, 0.6) is 0 Å². The molecule has 9 nitrogen and oxygen atoms in total. The Morgan fingerprint density at radius 2 is 0.512 bits per heavy atom. The summed E-state index contributed by atoms with van der Waals surface area (Å²) in [6.45, 7) is 3.86. The molecule has 0 rings (SSSR count). The SMILES string of the molecule is CCCCCCCCCCCCCCCCCCCCCCCCCCCCCCCCCCC(=O)OC(COC(=O)CCCCCCCCCCCCCCCCCCCCCCCCCCCCCCCCC)COP(=O)(O)OCCN. The molecule has 0 spiro atoms.